The van der Waals surface area contributed by atoms with E-state index in [0.29, 0.717) is 12.5 Å². The Labute approximate surface area is 166 Å². The molecule has 0 aliphatic carbocycles. The highest BCUT2D eigenvalue weighted by molar-refractivity contribution is 5.51. The largest absolute Gasteiger partial charge is 0.360 e. The SMILES string of the molecule is CCN(C)c1ccnc(NCc2cccnc2N2CCc3ccccc3C2)n1. The summed E-state index contributed by atoms with van der Waals surface area (Å²) in [6.45, 7) is 5.52. The molecule has 0 saturated carbocycles. The fraction of sp³-hybridized carbons (Fsp3) is 0.318. The Morgan fingerprint density at radius 1 is 1.04 bits per heavy atom. The topological polar surface area (TPSA) is 57.2 Å². The number of nitrogens with one attached hydrogen (secondary N) is 1. The molecule has 1 N–H and O–H groups in total. The van der Waals surface area contributed by atoms with Crippen LogP contribution in [0.3, 0.4) is 0 Å². The fourth-order valence-electron chi connectivity index (χ4n) is 3.51. The molecule has 3 aromatic rings. The monoisotopic (exact) mass is 374 g/mol. The zero-order valence-corrected chi connectivity index (χ0v) is 16.5. The molecule has 6 nitrogen and oxygen atoms in total. The van der Waals surface area contributed by atoms with Gasteiger partial charge in [-0.25, -0.2) is 9.97 Å². The van der Waals surface area contributed by atoms with Gasteiger partial charge in [0.15, 0.2) is 0 Å². The Morgan fingerprint density at radius 2 is 1.89 bits per heavy atom. The van der Waals surface area contributed by atoms with Crippen LogP contribution in [0.1, 0.15) is 23.6 Å². The first kappa shape index (κ1) is 18.2. The maximum atomic E-state index is 4.68. The second-order valence-corrected chi connectivity index (χ2v) is 7.03. The Kier molecular flexibility index (Phi) is 5.37. The van der Waals surface area contributed by atoms with E-state index >= 15 is 0 Å². The predicted octanol–water partition coefficient (Wildman–Crippen LogP) is 3.50. The van der Waals surface area contributed by atoms with Crippen LogP contribution in [-0.2, 0) is 19.5 Å². The lowest BCUT2D eigenvalue weighted by Crippen LogP contribution is -2.32. The van der Waals surface area contributed by atoms with Crippen LogP contribution in [0.2, 0.25) is 0 Å². The van der Waals surface area contributed by atoms with E-state index in [-0.39, 0.29) is 0 Å². The second-order valence-electron chi connectivity index (χ2n) is 7.03. The van der Waals surface area contributed by atoms with Gasteiger partial charge in [0, 0.05) is 51.2 Å². The Hall–Kier alpha value is -3.15. The van der Waals surface area contributed by atoms with Crippen LogP contribution < -0.4 is 15.1 Å². The van der Waals surface area contributed by atoms with E-state index in [0.717, 1.165) is 43.3 Å². The molecular formula is C22H26N6. The summed E-state index contributed by atoms with van der Waals surface area (Å²) in [5.74, 6) is 2.59. The molecule has 144 valence electrons. The number of pyridine rings is 1. The normalized spacial score (nSPS) is 13.1. The maximum absolute atomic E-state index is 4.68. The van der Waals surface area contributed by atoms with Crippen molar-refractivity contribution in [2.45, 2.75) is 26.4 Å². The van der Waals surface area contributed by atoms with Crippen LogP contribution in [0, 0.1) is 0 Å². The van der Waals surface area contributed by atoms with E-state index in [1.807, 2.05) is 25.4 Å². The Balaban J connectivity index is 1.50. The third-order valence-corrected chi connectivity index (χ3v) is 5.24. The molecule has 0 unspecified atom stereocenters. The minimum absolute atomic E-state index is 0.636. The third kappa shape index (κ3) is 3.91. The first-order valence-corrected chi connectivity index (χ1v) is 9.78. The molecule has 1 aromatic carbocycles. The van der Waals surface area contributed by atoms with Crippen molar-refractivity contribution in [1.29, 1.82) is 0 Å². The van der Waals surface area contributed by atoms with E-state index in [4.69, 9.17) is 0 Å². The molecule has 0 spiro atoms. The van der Waals surface area contributed by atoms with Crippen molar-refractivity contribution in [3.63, 3.8) is 0 Å². The van der Waals surface area contributed by atoms with Gasteiger partial charge >= 0.3 is 0 Å². The van der Waals surface area contributed by atoms with Crippen molar-refractivity contribution >= 4 is 17.6 Å². The van der Waals surface area contributed by atoms with Crippen molar-refractivity contribution in [3.05, 3.63) is 71.5 Å². The zero-order chi connectivity index (χ0) is 19.3. The molecule has 0 fully saturated rings. The third-order valence-electron chi connectivity index (χ3n) is 5.24. The average molecular weight is 374 g/mol. The summed E-state index contributed by atoms with van der Waals surface area (Å²) in [4.78, 5) is 18.1. The summed E-state index contributed by atoms with van der Waals surface area (Å²) in [7, 11) is 2.03. The molecule has 1 aliphatic heterocycles. The summed E-state index contributed by atoms with van der Waals surface area (Å²) >= 11 is 0. The van der Waals surface area contributed by atoms with Crippen molar-refractivity contribution < 1.29 is 0 Å². The van der Waals surface area contributed by atoms with Crippen LogP contribution in [0.25, 0.3) is 0 Å². The quantitative estimate of drug-likeness (QED) is 0.713. The van der Waals surface area contributed by atoms with Gasteiger partial charge in [0.25, 0.3) is 0 Å². The lowest BCUT2D eigenvalue weighted by molar-refractivity contribution is 0.716. The number of rotatable bonds is 6. The summed E-state index contributed by atoms with van der Waals surface area (Å²) in [5, 5.41) is 3.36. The first-order valence-electron chi connectivity index (χ1n) is 9.78. The highest BCUT2D eigenvalue weighted by Crippen LogP contribution is 2.26. The van der Waals surface area contributed by atoms with Crippen LogP contribution in [0.4, 0.5) is 17.6 Å². The van der Waals surface area contributed by atoms with Gasteiger partial charge in [-0.1, -0.05) is 30.3 Å². The summed E-state index contributed by atoms with van der Waals surface area (Å²) in [5.41, 5.74) is 3.98. The maximum Gasteiger partial charge on any atom is 0.224 e. The molecule has 28 heavy (non-hydrogen) atoms. The predicted molar refractivity (Wildman–Crippen MR) is 114 cm³/mol. The van der Waals surface area contributed by atoms with E-state index in [1.54, 1.807) is 6.20 Å². The van der Waals surface area contributed by atoms with Gasteiger partial charge in [-0.3, -0.25) is 0 Å². The Bertz CT molecular complexity index is 942. The fourth-order valence-corrected chi connectivity index (χ4v) is 3.51. The van der Waals surface area contributed by atoms with Crippen molar-refractivity contribution in [1.82, 2.24) is 15.0 Å². The standard InChI is InChI=1S/C22H26N6/c1-3-27(2)20-10-13-24-22(26-20)25-15-18-9-6-12-23-21(18)28-14-11-17-7-4-5-8-19(17)16-28/h4-10,12-13H,3,11,14-16H2,1-2H3,(H,24,25,26). The Morgan fingerprint density at radius 3 is 2.75 bits per heavy atom. The molecule has 0 bridgehead atoms. The molecule has 0 radical (unpaired) electrons. The van der Waals surface area contributed by atoms with Crippen LogP contribution >= 0.6 is 0 Å². The highest BCUT2D eigenvalue weighted by atomic mass is 15.2. The summed E-state index contributed by atoms with van der Waals surface area (Å²) in [6, 6.07) is 14.7. The van der Waals surface area contributed by atoms with E-state index in [9.17, 15) is 0 Å². The van der Waals surface area contributed by atoms with Crippen molar-refractivity contribution in [2.24, 2.45) is 0 Å². The molecule has 1 aliphatic rings. The van der Waals surface area contributed by atoms with Gasteiger partial charge in [-0.05, 0) is 36.6 Å². The minimum atomic E-state index is 0.636. The van der Waals surface area contributed by atoms with Gasteiger partial charge in [0.05, 0.1) is 0 Å². The van der Waals surface area contributed by atoms with Crippen LogP contribution in [0.5, 0.6) is 0 Å². The van der Waals surface area contributed by atoms with Crippen molar-refractivity contribution in [3.8, 4) is 0 Å². The smallest absolute Gasteiger partial charge is 0.224 e. The molecule has 4 rings (SSSR count). The number of fused-ring (bicyclic) bond motifs is 1. The number of nitrogens with zero attached hydrogens (tertiary/aromatic N) is 5. The van der Waals surface area contributed by atoms with E-state index in [1.165, 1.54) is 11.1 Å². The number of aromatic nitrogens is 3. The molecule has 0 atom stereocenters. The van der Waals surface area contributed by atoms with Gasteiger partial charge in [-0.2, -0.15) is 4.98 Å². The van der Waals surface area contributed by atoms with E-state index < -0.39 is 0 Å². The lowest BCUT2D eigenvalue weighted by atomic mass is 9.99. The molecule has 3 heterocycles. The first-order chi connectivity index (χ1) is 13.7. The van der Waals surface area contributed by atoms with Crippen molar-refractivity contribution in [2.75, 3.05) is 35.3 Å². The number of hydrogen-bond acceptors (Lipinski definition) is 6. The summed E-state index contributed by atoms with van der Waals surface area (Å²) < 4.78 is 0. The molecular weight excluding hydrogens is 348 g/mol. The molecule has 0 amide bonds. The van der Waals surface area contributed by atoms with Gasteiger partial charge < -0.3 is 15.1 Å². The van der Waals surface area contributed by atoms with Gasteiger partial charge in [0.1, 0.15) is 11.6 Å². The minimum Gasteiger partial charge on any atom is -0.360 e. The lowest BCUT2D eigenvalue weighted by Gasteiger charge is -2.31. The van der Waals surface area contributed by atoms with Crippen LogP contribution in [0.15, 0.2) is 54.9 Å². The number of anilines is 3. The highest BCUT2D eigenvalue weighted by Gasteiger charge is 2.19. The molecule has 2 aromatic heterocycles. The number of hydrogen-bond donors (Lipinski definition) is 1. The zero-order valence-electron chi connectivity index (χ0n) is 16.5. The molecule has 6 heteroatoms. The van der Waals surface area contributed by atoms with Gasteiger partial charge in [0.2, 0.25) is 5.95 Å². The second kappa shape index (κ2) is 8.25. The average Bonchev–Trinajstić information content (AvgIpc) is 2.77. The van der Waals surface area contributed by atoms with Crippen LogP contribution in [-0.4, -0.2) is 35.1 Å². The molecule has 0 saturated heterocycles. The van der Waals surface area contributed by atoms with Gasteiger partial charge in [-0.15, -0.1) is 0 Å². The summed E-state index contributed by atoms with van der Waals surface area (Å²) in [6.07, 6.45) is 4.71. The number of benzene rings is 1. The van der Waals surface area contributed by atoms with E-state index in [2.05, 4.69) is 67.3 Å².